The summed E-state index contributed by atoms with van der Waals surface area (Å²) in [5.74, 6) is 1.43. The Labute approximate surface area is 117 Å². The second kappa shape index (κ2) is 7.98. The Morgan fingerprint density at radius 2 is 1.42 bits per heavy atom. The van der Waals surface area contributed by atoms with Crippen LogP contribution in [0.15, 0.2) is 30.3 Å². The van der Waals surface area contributed by atoms with Gasteiger partial charge >= 0.3 is 0 Å². The predicted molar refractivity (Wildman–Crippen MR) is 81.3 cm³/mol. The van der Waals surface area contributed by atoms with Gasteiger partial charge in [-0.1, -0.05) is 45.9 Å². The van der Waals surface area contributed by atoms with Crippen molar-refractivity contribution in [2.45, 2.75) is 40.5 Å². The van der Waals surface area contributed by atoms with Crippen molar-refractivity contribution in [1.82, 2.24) is 4.90 Å². The fourth-order valence-electron chi connectivity index (χ4n) is 1.91. The minimum Gasteiger partial charge on any atom is -0.339 e. The summed E-state index contributed by atoms with van der Waals surface area (Å²) in [6, 6.07) is 9.61. The molecule has 2 nitrogen and oxygen atoms in total. The second-order valence-electron chi connectivity index (χ2n) is 6.02. The molecule has 0 aliphatic carbocycles. The molecule has 0 bridgehead atoms. The van der Waals surface area contributed by atoms with Crippen molar-refractivity contribution in [2.24, 2.45) is 11.8 Å². The van der Waals surface area contributed by atoms with Gasteiger partial charge in [-0.05, 0) is 36.8 Å². The summed E-state index contributed by atoms with van der Waals surface area (Å²) < 4.78 is 0. The third-order valence-electron chi connectivity index (χ3n) is 3.26. The van der Waals surface area contributed by atoms with E-state index in [4.69, 9.17) is 0 Å². The van der Waals surface area contributed by atoms with Gasteiger partial charge in [-0.25, -0.2) is 0 Å². The molecule has 1 rings (SSSR count). The van der Waals surface area contributed by atoms with Gasteiger partial charge in [0.1, 0.15) is 0 Å². The molecule has 0 saturated carbocycles. The highest BCUT2D eigenvalue weighted by molar-refractivity contribution is 5.94. The van der Waals surface area contributed by atoms with Crippen molar-refractivity contribution in [3.8, 4) is 0 Å². The van der Waals surface area contributed by atoms with E-state index in [0.29, 0.717) is 11.8 Å². The monoisotopic (exact) mass is 261 g/mol. The third kappa shape index (κ3) is 5.91. The molecule has 0 unspecified atom stereocenters. The fourth-order valence-corrected chi connectivity index (χ4v) is 1.91. The summed E-state index contributed by atoms with van der Waals surface area (Å²) >= 11 is 0. The van der Waals surface area contributed by atoms with E-state index in [1.807, 2.05) is 35.2 Å². The van der Waals surface area contributed by atoms with E-state index in [1.165, 1.54) is 0 Å². The first kappa shape index (κ1) is 15.7. The van der Waals surface area contributed by atoms with Crippen molar-refractivity contribution in [2.75, 3.05) is 13.1 Å². The van der Waals surface area contributed by atoms with Crippen LogP contribution in [0.4, 0.5) is 0 Å². The SMILES string of the molecule is CC(C)CCN(CCC(C)C)C(=O)c1ccccc1. The summed E-state index contributed by atoms with van der Waals surface area (Å²) in [4.78, 5) is 14.5. The van der Waals surface area contributed by atoms with Crippen LogP contribution in [0.25, 0.3) is 0 Å². The lowest BCUT2D eigenvalue weighted by Gasteiger charge is -2.24. The molecule has 0 saturated heterocycles. The maximum absolute atomic E-state index is 12.5. The second-order valence-corrected chi connectivity index (χ2v) is 6.02. The van der Waals surface area contributed by atoms with Gasteiger partial charge < -0.3 is 4.90 Å². The van der Waals surface area contributed by atoms with Crippen molar-refractivity contribution in [3.63, 3.8) is 0 Å². The summed E-state index contributed by atoms with van der Waals surface area (Å²) in [5.41, 5.74) is 0.801. The third-order valence-corrected chi connectivity index (χ3v) is 3.26. The summed E-state index contributed by atoms with van der Waals surface area (Å²) in [7, 11) is 0. The van der Waals surface area contributed by atoms with Gasteiger partial charge in [0.15, 0.2) is 0 Å². The van der Waals surface area contributed by atoms with Crippen LogP contribution >= 0.6 is 0 Å². The van der Waals surface area contributed by atoms with E-state index >= 15 is 0 Å². The van der Waals surface area contributed by atoms with Crippen LogP contribution in [-0.2, 0) is 0 Å². The lowest BCUT2D eigenvalue weighted by atomic mass is 10.1. The van der Waals surface area contributed by atoms with E-state index in [2.05, 4.69) is 27.7 Å². The largest absolute Gasteiger partial charge is 0.339 e. The van der Waals surface area contributed by atoms with Crippen LogP contribution in [0.2, 0.25) is 0 Å². The summed E-state index contributed by atoms with van der Waals surface area (Å²) in [6.07, 6.45) is 2.13. The predicted octanol–water partition coefficient (Wildman–Crippen LogP) is 4.22. The van der Waals surface area contributed by atoms with Crippen LogP contribution < -0.4 is 0 Å². The zero-order valence-electron chi connectivity index (χ0n) is 12.7. The molecule has 0 fully saturated rings. The molecule has 0 aliphatic rings. The lowest BCUT2D eigenvalue weighted by Crippen LogP contribution is -2.34. The fraction of sp³-hybridized carbons (Fsp3) is 0.588. The molecule has 0 N–H and O–H groups in total. The van der Waals surface area contributed by atoms with E-state index in [9.17, 15) is 4.79 Å². The van der Waals surface area contributed by atoms with Crippen molar-refractivity contribution in [1.29, 1.82) is 0 Å². The first-order valence-corrected chi connectivity index (χ1v) is 7.35. The molecule has 0 aromatic heterocycles. The molecule has 1 aromatic rings. The Morgan fingerprint density at radius 1 is 0.947 bits per heavy atom. The van der Waals surface area contributed by atoms with Crippen LogP contribution in [0.1, 0.15) is 50.9 Å². The minimum atomic E-state index is 0.168. The Balaban J connectivity index is 2.68. The Morgan fingerprint density at radius 3 is 1.84 bits per heavy atom. The van der Waals surface area contributed by atoms with Crippen molar-refractivity contribution in [3.05, 3.63) is 35.9 Å². The van der Waals surface area contributed by atoms with Gasteiger partial charge in [0, 0.05) is 18.7 Å². The molecular formula is C17H27NO. The van der Waals surface area contributed by atoms with E-state index < -0.39 is 0 Å². The van der Waals surface area contributed by atoms with Gasteiger partial charge in [0.2, 0.25) is 0 Å². The highest BCUT2D eigenvalue weighted by Gasteiger charge is 2.15. The molecule has 0 aliphatic heterocycles. The normalized spacial score (nSPS) is 11.1. The standard InChI is InChI=1S/C17H27NO/c1-14(2)10-12-18(13-11-15(3)4)17(19)16-8-6-5-7-9-16/h5-9,14-15H,10-13H2,1-4H3. The van der Waals surface area contributed by atoms with Gasteiger partial charge in [0.05, 0.1) is 0 Å². The van der Waals surface area contributed by atoms with E-state index in [-0.39, 0.29) is 5.91 Å². The Kier molecular flexibility index (Phi) is 6.61. The van der Waals surface area contributed by atoms with Crippen LogP contribution in [0.5, 0.6) is 0 Å². The molecule has 19 heavy (non-hydrogen) atoms. The van der Waals surface area contributed by atoms with Gasteiger partial charge in [-0.15, -0.1) is 0 Å². The van der Waals surface area contributed by atoms with Crippen LogP contribution in [-0.4, -0.2) is 23.9 Å². The Hall–Kier alpha value is -1.31. The highest BCUT2D eigenvalue weighted by Crippen LogP contribution is 2.11. The topological polar surface area (TPSA) is 20.3 Å². The Bertz CT molecular complexity index is 358. The van der Waals surface area contributed by atoms with Crippen LogP contribution in [0.3, 0.4) is 0 Å². The summed E-state index contributed by atoms with van der Waals surface area (Å²) in [5, 5.41) is 0. The molecule has 106 valence electrons. The zero-order valence-corrected chi connectivity index (χ0v) is 12.7. The number of benzene rings is 1. The zero-order chi connectivity index (χ0) is 14.3. The molecule has 0 atom stereocenters. The number of rotatable bonds is 7. The van der Waals surface area contributed by atoms with E-state index in [0.717, 1.165) is 31.5 Å². The molecular weight excluding hydrogens is 234 g/mol. The quantitative estimate of drug-likeness (QED) is 0.719. The lowest BCUT2D eigenvalue weighted by molar-refractivity contribution is 0.0741. The number of hydrogen-bond acceptors (Lipinski definition) is 1. The highest BCUT2D eigenvalue weighted by atomic mass is 16.2. The van der Waals surface area contributed by atoms with Crippen molar-refractivity contribution < 1.29 is 4.79 Å². The maximum atomic E-state index is 12.5. The number of nitrogens with zero attached hydrogens (tertiary/aromatic N) is 1. The maximum Gasteiger partial charge on any atom is 0.253 e. The average Bonchev–Trinajstić information content (AvgIpc) is 2.38. The number of carbonyl (C=O) groups excluding carboxylic acids is 1. The molecule has 2 heteroatoms. The number of hydrogen-bond donors (Lipinski definition) is 0. The van der Waals surface area contributed by atoms with Gasteiger partial charge in [-0.3, -0.25) is 4.79 Å². The average molecular weight is 261 g/mol. The number of amides is 1. The van der Waals surface area contributed by atoms with E-state index in [1.54, 1.807) is 0 Å². The van der Waals surface area contributed by atoms with Crippen molar-refractivity contribution >= 4 is 5.91 Å². The molecule has 1 amide bonds. The summed E-state index contributed by atoms with van der Waals surface area (Å²) in [6.45, 7) is 10.5. The minimum absolute atomic E-state index is 0.168. The molecule has 0 spiro atoms. The molecule has 1 aromatic carbocycles. The van der Waals surface area contributed by atoms with Crippen LogP contribution in [0, 0.1) is 11.8 Å². The van der Waals surface area contributed by atoms with Gasteiger partial charge in [-0.2, -0.15) is 0 Å². The molecule has 0 radical (unpaired) electrons. The first-order chi connectivity index (χ1) is 9.00. The smallest absolute Gasteiger partial charge is 0.253 e. The molecule has 0 heterocycles. The first-order valence-electron chi connectivity index (χ1n) is 7.35. The number of carbonyl (C=O) groups is 1. The van der Waals surface area contributed by atoms with Gasteiger partial charge in [0.25, 0.3) is 5.91 Å².